The third-order valence-electron chi connectivity index (χ3n) is 2.56. The van der Waals surface area contributed by atoms with Gasteiger partial charge in [0.25, 0.3) is 0 Å². The van der Waals surface area contributed by atoms with Crippen molar-refractivity contribution in [3.8, 4) is 0 Å². The van der Waals surface area contributed by atoms with Gasteiger partial charge < -0.3 is 5.11 Å². The molecule has 0 unspecified atom stereocenters. The summed E-state index contributed by atoms with van der Waals surface area (Å²) in [6, 6.07) is 7.29. The van der Waals surface area contributed by atoms with E-state index in [9.17, 15) is 13.2 Å². The van der Waals surface area contributed by atoms with Crippen molar-refractivity contribution in [3.05, 3.63) is 29.6 Å². The first-order valence-electron chi connectivity index (χ1n) is 9.32. The number of aliphatic carboxylic acids is 1. The van der Waals surface area contributed by atoms with E-state index in [4.69, 9.17) is 5.11 Å². The van der Waals surface area contributed by atoms with Crippen LogP contribution in [0.3, 0.4) is 0 Å². The van der Waals surface area contributed by atoms with Crippen molar-refractivity contribution in [3.63, 3.8) is 0 Å². The summed E-state index contributed by atoms with van der Waals surface area (Å²) < 4.78 is 24.7. The van der Waals surface area contributed by atoms with Gasteiger partial charge in [0.15, 0.2) is 9.84 Å². The van der Waals surface area contributed by atoms with E-state index in [2.05, 4.69) is 0 Å². The lowest BCUT2D eigenvalue weighted by Gasteiger charge is -2.02. The lowest BCUT2D eigenvalue weighted by Crippen LogP contribution is -2.05. The molecular formula is C20H36O4S2. The second-order valence-electron chi connectivity index (χ2n) is 4.19. The standard InChI is InChI=1S/C11H12O2S2.C3H6O2.3C2H6/c1-2-7-15(12,13)10-3-4-11-9(8-10)5-6-14-11;1-2-3(4)5;3*1-2/h3-6,8H,2,7H2,1H3;2H2,1H3,(H,4,5);3*1-2H3. The Kier molecular flexibility index (Phi) is 20.8. The highest BCUT2D eigenvalue weighted by atomic mass is 32.2. The van der Waals surface area contributed by atoms with Crippen molar-refractivity contribution in [1.82, 2.24) is 0 Å². The second-order valence-corrected chi connectivity index (χ2v) is 7.24. The van der Waals surface area contributed by atoms with Gasteiger partial charge in [-0.05, 0) is 41.5 Å². The smallest absolute Gasteiger partial charge is 0.303 e. The van der Waals surface area contributed by atoms with Gasteiger partial charge in [0.2, 0.25) is 0 Å². The number of thiophene rings is 1. The summed E-state index contributed by atoms with van der Waals surface area (Å²) in [4.78, 5) is 9.81. The molecular weight excluding hydrogens is 368 g/mol. The van der Waals surface area contributed by atoms with Crippen LogP contribution in [-0.2, 0) is 14.6 Å². The molecule has 0 atom stereocenters. The molecule has 1 heterocycles. The fourth-order valence-corrected chi connectivity index (χ4v) is 3.65. The lowest BCUT2D eigenvalue weighted by atomic mass is 10.3. The molecule has 4 nitrogen and oxygen atoms in total. The van der Waals surface area contributed by atoms with Crippen LogP contribution in [-0.4, -0.2) is 25.2 Å². The van der Waals surface area contributed by atoms with Crippen LogP contribution >= 0.6 is 11.3 Å². The van der Waals surface area contributed by atoms with Gasteiger partial charge in [-0.3, -0.25) is 4.79 Å². The van der Waals surface area contributed by atoms with Gasteiger partial charge in [0, 0.05) is 11.1 Å². The first kappa shape index (κ1) is 29.4. The molecule has 0 radical (unpaired) electrons. The molecule has 0 amide bonds. The van der Waals surface area contributed by atoms with E-state index in [-0.39, 0.29) is 12.2 Å². The van der Waals surface area contributed by atoms with Gasteiger partial charge in [-0.1, -0.05) is 55.4 Å². The lowest BCUT2D eigenvalue weighted by molar-refractivity contribution is -0.136. The van der Waals surface area contributed by atoms with Crippen molar-refractivity contribution in [2.45, 2.75) is 73.1 Å². The first-order valence-corrected chi connectivity index (χ1v) is 11.9. The average Bonchev–Trinajstić information content (AvgIpc) is 3.15. The summed E-state index contributed by atoms with van der Waals surface area (Å²) in [5.74, 6) is -0.521. The number of sulfone groups is 1. The number of fused-ring (bicyclic) bond motifs is 1. The molecule has 0 fully saturated rings. The molecule has 0 aliphatic carbocycles. The molecule has 0 saturated heterocycles. The number of hydrogen-bond donors (Lipinski definition) is 1. The molecule has 0 aliphatic rings. The Balaban J connectivity index is -0.000000407. The van der Waals surface area contributed by atoms with Crippen LogP contribution in [0.4, 0.5) is 0 Å². The van der Waals surface area contributed by atoms with Crippen molar-refractivity contribution in [2.24, 2.45) is 0 Å². The van der Waals surface area contributed by atoms with Crippen molar-refractivity contribution in [2.75, 3.05) is 5.75 Å². The van der Waals surface area contributed by atoms with Crippen molar-refractivity contribution < 1.29 is 18.3 Å². The minimum atomic E-state index is -3.08. The van der Waals surface area contributed by atoms with Crippen LogP contribution in [0.25, 0.3) is 10.1 Å². The maximum Gasteiger partial charge on any atom is 0.303 e. The van der Waals surface area contributed by atoms with Crippen LogP contribution in [0.2, 0.25) is 0 Å². The van der Waals surface area contributed by atoms with Crippen LogP contribution in [0.15, 0.2) is 34.5 Å². The van der Waals surface area contributed by atoms with Gasteiger partial charge in [0.05, 0.1) is 10.6 Å². The summed E-state index contributed by atoms with van der Waals surface area (Å²) >= 11 is 1.63. The third kappa shape index (κ3) is 12.0. The number of carbonyl (C=O) groups is 1. The van der Waals surface area contributed by atoms with Gasteiger partial charge >= 0.3 is 5.97 Å². The van der Waals surface area contributed by atoms with E-state index in [0.29, 0.717) is 11.3 Å². The first-order chi connectivity index (χ1) is 12.4. The predicted octanol–water partition coefficient (Wildman–Crippen LogP) is 6.64. The molecule has 0 saturated carbocycles. The van der Waals surface area contributed by atoms with Crippen molar-refractivity contribution in [1.29, 1.82) is 0 Å². The number of carboxylic acid groups (broad SMARTS) is 1. The number of rotatable bonds is 4. The van der Waals surface area contributed by atoms with E-state index in [0.717, 1.165) is 10.1 Å². The molecule has 6 heteroatoms. The van der Waals surface area contributed by atoms with Gasteiger partial charge in [0.1, 0.15) is 0 Å². The van der Waals surface area contributed by atoms with E-state index >= 15 is 0 Å². The molecule has 152 valence electrons. The summed E-state index contributed by atoms with van der Waals surface area (Å²) in [5, 5.41) is 10.7. The van der Waals surface area contributed by atoms with Crippen LogP contribution in [0.5, 0.6) is 0 Å². The molecule has 26 heavy (non-hydrogen) atoms. The third-order valence-corrected chi connectivity index (χ3v) is 5.37. The van der Waals surface area contributed by atoms with Gasteiger partial charge in [-0.25, -0.2) is 8.42 Å². The van der Waals surface area contributed by atoms with Crippen LogP contribution in [0.1, 0.15) is 68.2 Å². The SMILES string of the molecule is CC.CC.CC.CCC(=O)O.CCCS(=O)(=O)c1ccc2sccc2c1. The van der Waals surface area contributed by atoms with Gasteiger partial charge in [-0.15, -0.1) is 11.3 Å². The molecule has 0 spiro atoms. The Morgan fingerprint density at radius 1 is 1.00 bits per heavy atom. The normalized spacial score (nSPS) is 9.08. The van der Waals surface area contributed by atoms with E-state index in [1.807, 2.05) is 66.0 Å². The zero-order valence-electron chi connectivity index (χ0n) is 17.5. The highest BCUT2D eigenvalue weighted by Gasteiger charge is 2.13. The minimum absolute atomic E-state index is 0.222. The molecule has 2 aromatic rings. The molecule has 1 aromatic carbocycles. The largest absolute Gasteiger partial charge is 0.481 e. The number of carboxylic acids is 1. The van der Waals surface area contributed by atoms with E-state index in [1.54, 1.807) is 30.4 Å². The molecule has 1 aromatic heterocycles. The monoisotopic (exact) mass is 404 g/mol. The molecule has 2 rings (SSSR count). The summed E-state index contributed by atoms with van der Waals surface area (Å²) in [5.41, 5.74) is 0. The summed E-state index contributed by atoms with van der Waals surface area (Å²) in [6.45, 7) is 15.5. The topological polar surface area (TPSA) is 71.4 Å². The van der Waals surface area contributed by atoms with Crippen LogP contribution in [0, 0.1) is 0 Å². The average molecular weight is 405 g/mol. The number of benzene rings is 1. The second kappa shape index (κ2) is 18.4. The molecule has 0 aliphatic heterocycles. The highest BCUT2D eigenvalue weighted by Crippen LogP contribution is 2.24. The zero-order chi connectivity index (χ0) is 21.2. The quantitative estimate of drug-likeness (QED) is 0.619. The van der Waals surface area contributed by atoms with E-state index in [1.165, 1.54) is 0 Å². The summed E-state index contributed by atoms with van der Waals surface area (Å²) in [7, 11) is -3.08. The van der Waals surface area contributed by atoms with E-state index < -0.39 is 15.8 Å². The number of hydrogen-bond acceptors (Lipinski definition) is 4. The molecule has 0 bridgehead atoms. The maximum atomic E-state index is 11.8. The zero-order valence-corrected chi connectivity index (χ0v) is 19.1. The van der Waals surface area contributed by atoms with Gasteiger partial charge in [-0.2, -0.15) is 0 Å². The predicted molar refractivity (Wildman–Crippen MR) is 116 cm³/mol. The van der Waals surface area contributed by atoms with Crippen LogP contribution < -0.4 is 0 Å². The fourth-order valence-electron chi connectivity index (χ4n) is 1.52. The Morgan fingerprint density at radius 3 is 1.92 bits per heavy atom. The maximum absolute atomic E-state index is 11.8. The van der Waals surface area contributed by atoms with Crippen molar-refractivity contribution >= 4 is 37.2 Å². The minimum Gasteiger partial charge on any atom is -0.481 e. The summed E-state index contributed by atoms with van der Waals surface area (Å²) in [6.07, 6.45) is 0.879. The Morgan fingerprint density at radius 2 is 1.50 bits per heavy atom. The molecule has 1 N–H and O–H groups in total. The Labute approximate surface area is 164 Å². The Bertz CT molecular complexity index is 674. The Hall–Kier alpha value is -1.40. The highest BCUT2D eigenvalue weighted by molar-refractivity contribution is 7.91. The fraction of sp³-hybridized carbons (Fsp3) is 0.550.